The molecule has 0 N–H and O–H groups in total. The summed E-state index contributed by atoms with van der Waals surface area (Å²) in [5, 5.41) is 0. The fourth-order valence-corrected chi connectivity index (χ4v) is 2.52. The molecule has 0 saturated heterocycles. The number of esters is 1. The number of methoxy groups -OCH3 is 1. The third-order valence-electron chi connectivity index (χ3n) is 3.15. The number of rotatable bonds is 4. The highest BCUT2D eigenvalue weighted by atomic mass is 79.9. The summed E-state index contributed by atoms with van der Waals surface area (Å²) in [7, 11) is 3.42. The SMILES string of the molecule is COC(=O)C(c1ccccc1Br)N(C)C1CC1. The molecule has 0 heterocycles. The third-order valence-corrected chi connectivity index (χ3v) is 3.88. The van der Waals surface area contributed by atoms with E-state index in [0.717, 1.165) is 22.9 Å². The van der Waals surface area contributed by atoms with Gasteiger partial charge in [0.1, 0.15) is 6.04 Å². The minimum atomic E-state index is -0.317. The lowest BCUT2D eigenvalue weighted by atomic mass is 10.1. The number of nitrogens with zero attached hydrogens (tertiary/aromatic N) is 1. The number of carbonyl (C=O) groups is 1. The van der Waals surface area contributed by atoms with E-state index in [0.29, 0.717) is 6.04 Å². The first-order valence-electron chi connectivity index (χ1n) is 5.69. The van der Waals surface area contributed by atoms with Gasteiger partial charge in [-0.1, -0.05) is 34.1 Å². The largest absolute Gasteiger partial charge is 0.468 e. The Hall–Kier alpha value is -0.870. The number of carbonyl (C=O) groups excluding carboxylic acids is 1. The van der Waals surface area contributed by atoms with Crippen LogP contribution in [0.25, 0.3) is 0 Å². The van der Waals surface area contributed by atoms with E-state index < -0.39 is 0 Å². The summed E-state index contributed by atoms with van der Waals surface area (Å²) in [4.78, 5) is 14.1. The van der Waals surface area contributed by atoms with E-state index in [9.17, 15) is 4.79 Å². The summed E-state index contributed by atoms with van der Waals surface area (Å²) in [6.45, 7) is 0. The monoisotopic (exact) mass is 297 g/mol. The van der Waals surface area contributed by atoms with Gasteiger partial charge >= 0.3 is 5.97 Å². The van der Waals surface area contributed by atoms with Gasteiger partial charge in [0.05, 0.1) is 7.11 Å². The Kier molecular flexibility index (Phi) is 3.84. The number of likely N-dealkylation sites (N-methyl/N-ethyl adjacent to an activating group) is 1. The fraction of sp³-hybridized carbons (Fsp3) is 0.462. The summed E-state index contributed by atoms with van der Waals surface area (Å²) < 4.78 is 5.87. The average Bonchev–Trinajstić information content (AvgIpc) is 3.15. The first-order chi connectivity index (χ1) is 8.15. The number of benzene rings is 1. The van der Waals surface area contributed by atoms with E-state index >= 15 is 0 Å². The lowest BCUT2D eigenvalue weighted by Gasteiger charge is -2.26. The predicted octanol–water partition coefficient (Wildman–Crippen LogP) is 2.76. The molecule has 1 aliphatic rings. The van der Waals surface area contributed by atoms with E-state index in [1.54, 1.807) is 0 Å². The van der Waals surface area contributed by atoms with Crippen LogP contribution in [0.4, 0.5) is 0 Å². The van der Waals surface area contributed by atoms with Crippen molar-refractivity contribution in [3.63, 3.8) is 0 Å². The van der Waals surface area contributed by atoms with Crippen LogP contribution in [0, 0.1) is 0 Å². The maximum atomic E-state index is 12.0. The average molecular weight is 298 g/mol. The van der Waals surface area contributed by atoms with Gasteiger partial charge in [0.2, 0.25) is 0 Å². The number of ether oxygens (including phenoxy) is 1. The molecule has 1 fully saturated rings. The minimum absolute atomic E-state index is 0.202. The zero-order valence-corrected chi connectivity index (χ0v) is 11.6. The molecule has 1 aromatic rings. The second-order valence-corrected chi connectivity index (χ2v) is 5.20. The summed E-state index contributed by atoms with van der Waals surface area (Å²) in [5.41, 5.74) is 0.966. The van der Waals surface area contributed by atoms with Crippen molar-refractivity contribution in [1.29, 1.82) is 0 Å². The maximum absolute atomic E-state index is 12.0. The number of hydrogen-bond donors (Lipinski definition) is 0. The number of halogens is 1. The molecule has 1 aromatic carbocycles. The van der Waals surface area contributed by atoms with Crippen LogP contribution < -0.4 is 0 Å². The zero-order valence-electron chi connectivity index (χ0n) is 10.0. The highest BCUT2D eigenvalue weighted by Crippen LogP contribution is 2.35. The topological polar surface area (TPSA) is 29.5 Å². The molecular weight excluding hydrogens is 282 g/mol. The van der Waals surface area contributed by atoms with Crippen molar-refractivity contribution < 1.29 is 9.53 Å². The van der Waals surface area contributed by atoms with Crippen LogP contribution >= 0.6 is 15.9 Å². The van der Waals surface area contributed by atoms with Crippen LogP contribution in [0.15, 0.2) is 28.7 Å². The Morgan fingerprint density at radius 3 is 2.65 bits per heavy atom. The molecule has 3 nitrogen and oxygen atoms in total. The lowest BCUT2D eigenvalue weighted by molar-refractivity contribution is -0.147. The molecule has 1 saturated carbocycles. The van der Waals surface area contributed by atoms with Gasteiger partial charge in [-0.3, -0.25) is 4.90 Å². The molecule has 4 heteroatoms. The van der Waals surface area contributed by atoms with Gasteiger partial charge in [0.25, 0.3) is 0 Å². The first kappa shape index (κ1) is 12.6. The molecule has 0 aliphatic heterocycles. The minimum Gasteiger partial charge on any atom is -0.468 e. The van der Waals surface area contributed by atoms with Crippen molar-refractivity contribution in [3.8, 4) is 0 Å². The van der Waals surface area contributed by atoms with Crippen molar-refractivity contribution in [3.05, 3.63) is 34.3 Å². The van der Waals surface area contributed by atoms with Crippen molar-refractivity contribution in [2.75, 3.05) is 14.2 Å². The zero-order chi connectivity index (χ0) is 12.4. The maximum Gasteiger partial charge on any atom is 0.327 e. The highest BCUT2D eigenvalue weighted by Gasteiger charge is 2.36. The van der Waals surface area contributed by atoms with Crippen molar-refractivity contribution in [2.24, 2.45) is 0 Å². The molecule has 92 valence electrons. The predicted molar refractivity (Wildman–Crippen MR) is 69.7 cm³/mol. The second-order valence-electron chi connectivity index (χ2n) is 4.34. The van der Waals surface area contributed by atoms with Crippen LogP contribution in [0.5, 0.6) is 0 Å². The van der Waals surface area contributed by atoms with Crippen molar-refractivity contribution in [1.82, 2.24) is 4.90 Å². The van der Waals surface area contributed by atoms with Gasteiger partial charge in [0, 0.05) is 10.5 Å². The van der Waals surface area contributed by atoms with Crippen LogP contribution in [0.1, 0.15) is 24.4 Å². The van der Waals surface area contributed by atoms with Crippen LogP contribution in [-0.4, -0.2) is 31.1 Å². The standard InChI is InChI=1S/C13H16BrNO2/c1-15(9-7-8-9)12(13(16)17-2)10-5-3-4-6-11(10)14/h3-6,9,12H,7-8H2,1-2H3. The Morgan fingerprint density at radius 2 is 2.12 bits per heavy atom. The smallest absolute Gasteiger partial charge is 0.327 e. The van der Waals surface area contributed by atoms with Gasteiger partial charge in [-0.05, 0) is 31.5 Å². The molecule has 1 unspecified atom stereocenters. The Morgan fingerprint density at radius 1 is 1.47 bits per heavy atom. The van der Waals surface area contributed by atoms with Gasteiger partial charge in [0.15, 0.2) is 0 Å². The Balaban J connectivity index is 2.32. The van der Waals surface area contributed by atoms with E-state index in [1.165, 1.54) is 7.11 Å². The van der Waals surface area contributed by atoms with Crippen LogP contribution in [0.3, 0.4) is 0 Å². The normalized spacial score (nSPS) is 16.9. The summed E-state index contributed by atoms with van der Waals surface area (Å²) >= 11 is 3.50. The molecule has 0 aromatic heterocycles. The van der Waals surface area contributed by atoms with Crippen molar-refractivity contribution >= 4 is 21.9 Å². The van der Waals surface area contributed by atoms with Crippen LogP contribution in [-0.2, 0) is 9.53 Å². The molecule has 0 amide bonds. The second kappa shape index (κ2) is 5.19. The quantitative estimate of drug-likeness (QED) is 0.801. The molecule has 0 bridgehead atoms. The summed E-state index contributed by atoms with van der Waals surface area (Å²) in [5.74, 6) is -0.202. The third kappa shape index (κ3) is 2.69. The van der Waals surface area contributed by atoms with Gasteiger partial charge < -0.3 is 4.74 Å². The number of hydrogen-bond acceptors (Lipinski definition) is 3. The molecule has 0 spiro atoms. The molecule has 17 heavy (non-hydrogen) atoms. The highest BCUT2D eigenvalue weighted by molar-refractivity contribution is 9.10. The van der Waals surface area contributed by atoms with E-state index in [4.69, 9.17) is 4.74 Å². The molecule has 1 aliphatic carbocycles. The van der Waals surface area contributed by atoms with Gasteiger partial charge in [-0.2, -0.15) is 0 Å². The van der Waals surface area contributed by atoms with Gasteiger partial charge in [-0.15, -0.1) is 0 Å². The Labute approximate surface area is 110 Å². The van der Waals surface area contributed by atoms with Crippen LogP contribution in [0.2, 0.25) is 0 Å². The molecule has 2 rings (SSSR count). The first-order valence-corrected chi connectivity index (χ1v) is 6.48. The lowest BCUT2D eigenvalue weighted by Crippen LogP contribution is -2.33. The fourth-order valence-electron chi connectivity index (χ4n) is 2.01. The van der Waals surface area contributed by atoms with Crippen molar-refractivity contribution in [2.45, 2.75) is 24.9 Å². The van der Waals surface area contributed by atoms with Gasteiger partial charge in [-0.25, -0.2) is 4.79 Å². The van der Waals surface area contributed by atoms with E-state index in [2.05, 4.69) is 20.8 Å². The molecule has 1 atom stereocenters. The summed E-state index contributed by atoms with van der Waals surface area (Å²) in [6, 6.07) is 7.99. The van der Waals surface area contributed by atoms with E-state index in [-0.39, 0.29) is 12.0 Å². The molecule has 0 radical (unpaired) electrons. The van der Waals surface area contributed by atoms with E-state index in [1.807, 2.05) is 31.3 Å². The summed E-state index contributed by atoms with van der Waals surface area (Å²) in [6.07, 6.45) is 2.32. The molecular formula is C13H16BrNO2. The Bertz CT molecular complexity index is 418.